The Bertz CT molecular complexity index is 1150. The molecule has 0 spiro atoms. The highest BCUT2D eigenvalue weighted by atomic mass is 19.1. The monoisotopic (exact) mass is 454 g/mol. The maximum atomic E-state index is 14.7. The van der Waals surface area contributed by atoms with Crippen LogP contribution in [0.25, 0.3) is 0 Å². The number of hydrogen-bond donors (Lipinski definition) is 5. The van der Waals surface area contributed by atoms with Crippen molar-refractivity contribution >= 4 is 34.8 Å². The SMILES string of the molecule is NC(=O)c1cc(F)c(NC2CCCC[C@@H]2N)nc1Nc1cncc(NC(=O)c2ccno2)c1. The van der Waals surface area contributed by atoms with Gasteiger partial charge in [-0.2, -0.15) is 0 Å². The quantitative estimate of drug-likeness (QED) is 0.359. The van der Waals surface area contributed by atoms with E-state index >= 15 is 0 Å². The summed E-state index contributed by atoms with van der Waals surface area (Å²) in [5.41, 5.74) is 12.2. The smallest absolute Gasteiger partial charge is 0.294 e. The van der Waals surface area contributed by atoms with Gasteiger partial charge in [0.1, 0.15) is 5.82 Å². The number of anilines is 4. The Kier molecular flexibility index (Phi) is 6.45. The zero-order valence-electron chi connectivity index (χ0n) is 17.5. The lowest BCUT2D eigenvalue weighted by Gasteiger charge is -2.30. The minimum absolute atomic E-state index is 0.0289. The van der Waals surface area contributed by atoms with E-state index in [2.05, 4.69) is 31.1 Å². The fraction of sp³-hybridized carbons (Fsp3) is 0.286. The number of rotatable bonds is 7. The van der Waals surface area contributed by atoms with Crippen LogP contribution in [-0.2, 0) is 0 Å². The Labute approximate surface area is 188 Å². The van der Waals surface area contributed by atoms with Crippen molar-refractivity contribution in [2.24, 2.45) is 11.5 Å². The van der Waals surface area contributed by atoms with Gasteiger partial charge in [0.15, 0.2) is 11.6 Å². The predicted molar refractivity (Wildman–Crippen MR) is 119 cm³/mol. The van der Waals surface area contributed by atoms with E-state index in [4.69, 9.17) is 16.0 Å². The van der Waals surface area contributed by atoms with Gasteiger partial charge in [0.2, 0.25) is 5.76 Å². The van der Waals surface area contributed by atoms with Crippen molar-refractivity contribution in [1.82, 2.24) is 15.1 Å². The van der Waals surface area contributed by atoms with Crippen LogP contribution in [0.2, 0.25) is 0 Å². The van der Waals surface area contributed by atoms with Crippen molar-refractivity contribution in [2.75, 3.05) is 16.0 Å². The van der Waals surface area contributed by atoms with Crippen LogP contribution >= 0.6 is 0 Å². The summed E-state index contributed by atoms with van der Waals surface area (Å²) < 4.78 is 19.5. The molecule has 1 fully saturated rings. The molecule has 172 valence electrons. The Morgan fingerprint density at radius 2 is 1.91 bits per heavy atom. The van der Waals surface area contributed by atoms with Gasteiger partial charge in [0.05, 0.1) is 35.5 Å². The summed E-state index contributed by atoms with van der Waals surface area (Å²) in [6.45, 7) is 0. The first kappa shape index (κ1) is 22.1. The Morgan fingerprint density at radius 3 is 2.64 bits per heavy atom. The molecule has 1 aliphatic carbocycles. The van der Waals surface area contributed by atoms with E-state index in [1.165, 1.54) is 24.7 Å². The highest BCUT2D eigenvalue weighted by molar-refractivity contribution is 6.02. The first-order chi connectivity index (χ1) is 15.9. The van der Waals surface area contributed by atoms with Crippen LogP contribution < -0.4 is 27.4 Å². The molecule has 4 rings (SSSR count). The minimum Gasteiger partial charge on any atom is -0.365 e. The summed E-state index contributed by atoms with van der Waals surface area (Å²) >= 11 is 0. The second kappa shape index (κ2) is 9.61. The topological polar surface area (TPSA) is 174 Å². The number of hydrogen-bond acceptors (Lipinski definition) is 9. The zero-order valence-corrected chi connectivity index (χ0v) is 17.5. The molecule has 1 saturated carbocycles. The van der Waals surface area contributed by atoms with Crippen molar-refractivity contribution in [3.63, 3.8) is 0 Å². The normalized spacial score (nSPS) is 17.9. The van der Waals surface area contributed by atoms with Gasteiger partial charge in [0, 0.05) is 18.2 Å². The number of pyridine rings is 2. The molecule has 33 heavy (non-hydrogen) atoms. The van der Waals surface area contributed by atoms with Gasteiger partial charge in [-0.1, -0.05) is 18.0 Å². The van der Waals surface area contributed by atoms with Crippen LogP contribution in [0.3, 0.4) is 0 Å². The van der Waals surface area contributed by atoms with Gasteiger partial charge in [-0.3, -0.25) is 14.6 Å². The Hall–Kier alpha value is -4.06. The Morgan fingerprint density at radius 1 is 1.12 bits per heavy atom. The van der Waals surface area contributed by atoms with Crippen LogP contribution in [0.1, 0.15) is 46.6 Å². The van der Waals surface area contributed by atoms with E-state index in [9.17, 15) is 14.0 Å². The van der Waals surface area contributed by atoms with E-state index in [0.717, 1.165) is 31.7 Å². The molecule has 0 radical (unpaired) electrons. The largest absolute Gasteiger partial charge is 0.365 e. The molecule has 0 aliphatic heterocycles. The van der Waals surface area contributed by atoms with Crippen LogP contribution in [0.4, 0.5) is 27.4 Å². The fourth-order valence-electron chi connectivity index (χ4n) is 3.63. The summed E-state index contributed by atoms with van der Waals surface area (Å²) in [6.07, 6.45) is 7.85. The van der Waals surface area contributed by atoms with Gasteiger partial charge in [0.25, 0.3) is 11.8 Å². The van der Waals surface area contributed by atoms with Crippen LogP contribution in [0.5, 0.6) is 0 Å². The molecule has 1 aliphatic rings. The molecule has 0 aromatic carbocycles. The number of nitrogens with zero attached hydrogens (tertiary/aromatic N) is 3. The summed E-state index contributed by atoms with van der Waals surface area (Å²) in [7, 11) is 0. The van der Waals surface area contributed by atoms with E-state index in [1.54, 1.807) is 6.07 Å². The number of aromatic nitrogens is 3. The summed E-state index contributed by atoms with van der Waals surface area (Å²) in [5, 5.41) is 12.1. The Balaban J connectivity index is 1.57. The van der Waals surface area contributed by atoms with Gasteiger partial charge in [-0.15, -0.1) is 0 Å². The number of nitrogens with one attached hydrogen (secondary N) is 3. The summed E-state index contributed by atoms with van der Waals surface area (Å²) in [5.74, 6) is -2.05. The highest BCUT2D eigenvalue weighted by Gasteiger charge is 2.24. The molecule has 3 heterocycles. The molecular weight excluding hydrogens is 431 g/mol. The molecule has 1 unspecified atom stereocenters. The van der Waals surface area contributed by atoms with Crippen LogP contribution in [0.15, 0.2) is 41.3 Å². The van der Waals surface area contributed by atoms with Crippen LogP contribution in [0, 0.1) is 5.82 Å². The van der Waals surface area contributed by atoms with Crippen LogP contribution in [-0.4, -0.2) is 39.0 Å². The van der Waals surface area contributed by atoms with E-state index in [0.29, 0.717) is 11.4 Å². The number of carbonyl (C=O) groups excluding carboxylic acids is 2. The lowest BCUT2D eigenvalue weighted by molar-refractivity contribution is 0.0984. The molecular formula is C21H23FN8O3. The highest BCUT2D eigenvalue weighted by Crippen LogP contribution is 2.27. The summed E-state index contributed by atoms with van der Waals surface area (Å²) in [4.78, 5) is 32.4. The molecule has 2 atom stereocenters. The predicted octanol–water partition coefficient (Wildman–Crippen LogP) is 2.38. The fourth-order valence-corrected chi connectivity index (χ4v) is 3.63. The van der Waals surface area contributed by atoms with Crippen molar-refractivity contribution < 1.29 is 18.5 Å². The lowest BCUT2D eigenvalue weighted by Crippen LogP contribution is -2.43. The zero-order chi connectivity index (χ0) is 23.4. The maximum absolute atomic E-state index is 14.7. The number of amides is 2. The van der Waals surface area contributed by atoms with E-state index in [-0.39, 0.29) is 35.0 Å². The van der Waals surface area contributed by atoms with Gasteiger partial charge in [-0.05, 0) is 25.0 Å². The van der Waals surface area contributed by atoms with Crippen molar-refractivity contribution in [1.29, 1.82) is 0 Å². The van der Waals surface area contributed by atoms with Crippen molar-refractivity contribution in [3.8, 4) is 0 Å². The van der Waals surface area contributed by atoms with Crippen molar-refractivity contribution in [2.45, 2.75) is 37.8 Å². The third-order valence-electron chi connectivity index (χ3n) is 5.30. The third kappa shape index (κ3) is 5.23. The van der Waals surface area contributed by atoms with E-state index in [1.807, 2.05) is 0 Å². The molecule has 0 saturated heterocycles. The average molecular weight is 454 g/mol. The number of nitrogens with two attached hydrogens (primary N) is 2. The van der Waals surface area contributed by atoms with Crippen molar-refractivity contribution in [3.05, 3.63) is 53.9 Å². The minimum atomic E-state index is -0.854. The molecule has 3 aromatic rings. The molecule has 11 nitrogen and oxygen atoms in total. The molecule has 12 heteroatoms. The standard InChI is InChI=1S/C21H23FN8O3/c22-14-8-13(18(24)31)19(30-20(14)29-16-4-2-1-3-15(16)23)27-11-7-12(10-25-9-11)28-21(32)17-5-6-26-33-17/h5-10,15-16H,1-4,23H2,(H2,24,31)(H,28,32)(H2,27,29,30)/t15-,16?/m0/s1. The average Bonchev–Trinajstić information content (AvgIpc) is 3.33. The molecule has 0 bridgehead atoms. The molecule has 3 aromatic heterocycles. The maximum Gasteiger partial charge on any atom is 0.294 e. The lowest BCUT2D eigenvalue weighted by atomic mass is 9.91. The number of halogens is 1. The van der Waals surface area contributed by atoms with Gasteiger partial charge in [-0.25, -0.2) is 9.37 Å². The first-order valence-corrected chi connectivity index (χ1v) is 10.4. The number of carbonyl (C=O) groups is 2. The first-order valence-electron chi connectivity index (χ1n) is 10.4. The third-order valence-corrected chi connectivity index (χ3v) is 5.30. The van der Waals surface area contributed by atoms with Gasteiger partial charge < -0.3 is 31.9 Å². The number of primary amides is 1. The molecule has 2 amide bonds. The van der Waals surface area contributed by atoms with Gasteiger partial charge >= 0.3 is 0 Å². The summed E-state index contributed by atoms with van der Waals surface area (Å²) in [6, 6.07) is 3.74. The second-order valence-electron chi connectivity index (χ2n) is 7.70. The van der Waals surface area contributed by atoms with E-state index < -0.39 is 17.6 Å². The molecule has 7 N–H and O–H groups in total. The second-order valence-corrected chi connectivity index (χ2v) is 7.70.